The first-order valence-corrected chi connectivity index (χ1v) is 7.81. The Balaban J connectivity index is 2.32. The van der Waals surface area contributed by atoms with E-state index < -0.39 is 0 Å². The van der Waals surface area contributed by atoms with E-state index in [-0.39, 0.29) is 18.1 Å². The number of nitrogens with zero attached hydrogens (tertiary/aromatic N) is 1. The Morgan fingerprint density at radius 2 is 2.00 bits per heavy atom. The van der Waals surface area contributed by atoms with Crippen molar-refractivity contribution in [2.45, 2.75) is 45.8 Å². The fourth-order valence-electron chi connectivity index (χ4n) is 3.33. The summed E-state index contributed by atoms with van der Waals surface area (Å²) in [6, 6.07) is 8.13. The predicted octanol–water partition coefficient (Wildman–Crippen LogP) is 2.95. The van der Waals surface area contributed by atoms with Crippen LogP contribution in [0.3, 0.4) is 0 Å². The number of para-hydroxylation sites is 1. The van der Waals surface area contributed by atoms with E-state index in [0.717, 1.165) is 24.2 Å². The molecule has 0 aromatic heterocycles. The highest BCUT2D eigenvalue weighted by Gasteiger charge is 2.38. The van der Waals surface area contributed by atoms with Gasteiger partial charge in [0, 0.05) is 11.6 Å². The van der Waals surface area contributed by atoms with Crippen LogP contribution in [0.15, 0.2) is 24.3 Å². The van der Waals surface area contributed by atoms with Crippen LogP contribution in [0.2, 0.25) is 0 Å². The van der Waals surface area contributed by atoms with Crippen LogP contribution in [0, 0.1) is 5.92 Å². The van der Waals surface area contributed by atoms with Crippen molar-refractivity contribution in [3.63, 3.8) is 0 Å². The standard InChI is InChI=1S/C17H26N2O2/c1-5-13(6-2)12(3)19-16(20)11-18-17(19)14-9-7-8-10-15(14)21-4/h7-10,12-13,17-18H,5-6,11H2,1-4H3. The Bertz CT molecular complexity index is 485. The molecule has 116 valence electrons. The van der Waals surface area contributed by atoms with Crippen LogP contribution in [0.25, 0.3) is 0 Å². The molecule has 2 unspecified atom stereocenters. The van der Waals surface area contributed by atoms with E-state index >= 15 is 0 Å². The first-order valence-electron chi connectivity index (χ1n) is 7.81. The van der Waals surface area contributed by atoms with E-state index in [9.17, 15) is 4.79 Å². The van der Waals surface area contributed by atoms with Crippen LogP contribution in [-0.2, 0) is 4.79 Å². The molecule has 1 fully saturated rings. The van der Waals surface area contributed by atoms with Gasteiger partial charge in [-0.2, -0.15) is 0 Å². The van der Waals surface area contributed by atoms with Gasteiger partial charge < -0.3 is 9.64 Å². The zero-order valence-electron chi connectivity index (χ0n) is 13.4. The number of carbonyl (C=O) groups is 1. The maximum atomic E-state index is 12.4. The van der Waals surface area contributed by atoms with E-state index in [4.69, 9.17) is 4.74 Å². The minimum absolute atomic E-state index is 0.0933. The highest BCUT2D eigenvalue weighted by molar-refractivity contribution is 5.81. The predicted molar refractivity (Wildman–Crippen MR) is 84.1 cm³/mol. The van der Waals surface area contributed by atoms with E-state index in [1.54, 1.807) is 7.11 Å². The zero-order valence-corrected chi connectivity index (χ0v) is 13.4. The molecule has 1 aliphatic heterocycles. The molecule has 21 heavy (non-hydrogen) atoms. The van der Waals surface area contributed by atoms with Crippen molar-refractivity contribution in [1.29, 1.82) is 0 Å². The molecule has 1 heterocycles. The summed E-state index contributed by atoms with van der Waals surface area (Å²) in [5.41, 5.74) is 1.03. The maximum absolute atomic E-state index is 12.4. The van der Waals surface area contributed by atoms with Crippen molar-refractivity contribution in [3.05, 3.63) is 29.8 Å². The van der Waals surface area contributed by atoms with Gasteiger partial charge in [-0.25, -0.2) is 0 Å². The summed E-state index contributed by atoms with van der Waals surface area (Å²) in [6.07, 6.45) is 2.07. The Labute approximate surface area is 127 Å². The van der Waals surface area contributed by atoms with Gasteiger partial charge >= 0.3 is 0 Å². The molecular weight excluding hydrogens is 264 g/mol. The van der Waals surface area contributed by atoms with Crippen molar-refractivity contribution in [2.75, 3.05) is 13.7 Å². The van der Waals surface area contributed by atoms with Crippen LogP contribution in [0.5, 0.6) is 5.75 Å². The third kappa shape index (κ3) is 3.05. The third-order valence-corrected chi connectivity index (χ3v) is 4.62. The summed E-state index contributed by atoms with van der Waals surface area (Å²) in [4.78, 5) is 14.4. The smallest absolute Gasteiger partial charge is 0.238 e. The summed E-state index contributed by atoms with van der Waals surface area (Å²) in [5.74, 6) is 1.52. The quantitative estimate of drug-likeness (QED) is 0.876. The van der Waals surface area contributed by atoms with Crippen molar-refractivity contribution in [1.82, 2.24) is 10.2 Å². The zero-order chi connectivity index (χ0) is 15.4. The summed E-state index contributed by atoms with van der Waals surface area (Å²) < 4.78 is 5.46. The van der Waals surface area contributed by atoms with Crippen molar-refractivity contribution in [3.8, 4) is 5.75 Å². The Morgan fingerprint density at radius 3 is 2.62 bits per heavy atom. The van der Waals surface area contributed by atoms with Gasteiger partial charge in [-0.15, -0.1) is 0 Å². The summed E-state index contributed by atoms with van der Waals surface area (Å²) in [5, 5.41) is 3.33. The van der Waals surface area contributed by atoms with E-state index in [1.807, 2.05) is 29.2 Å². The third-order valence-electron chi connectivity index (χ3n) is 4.62. The van der Waals surface area contributed by atoms with Crippen LogP contribution < -0.4 is 10.1 Å². The molecule has 1 aromatic rings. The molecule has 1 aromatic carbocycles. The number of rotatable bonds is 6. The minimum Gasteiger partial charge on any atom is -0.496 e. The molecule has 0 radical (unpaired) electrons. The average Bonchev–Trinajstić information content (AvgIpc) is 2.89. The molecule has 4 nitrogen and oxygen atoms in total. The number of hydrogen-bond acceptors (Lipinski definition) is 3. The number of ether oxygens (including phenoxy) is 1. The lowest BCUT2D eigenvalue weighted by molar-refractivity contribution is -0.131. The molecule has 4 heteroatoms. The van der Waals surface area contributed by atoms with E-state index in [0.29, 0.717) is 12.5 Å². The summed E-state index contributed by atoms with van der Waals surface area (Å²) in [7, 11) is 1.67. The number of nitrogens with one attached hydrogen (secondary N) is 1. The minimum atomic E-state index is -0.0933. The van der Waals surface area contributed by atoms with E-state index in [2.05, 4.69) is 26.1 Å². The van der Waals surface area contributed by atoms with Gasteiger partial charge in [-0.3, -0.25) is 10.1 Å². The van der Waals surface area contributed by atoms with Gasteiger partial charge in [0.15, 0.2) is 0 Å². The van der Waals surface area contributed by atoms with Crippen LogP contribution in [-0.4, -0.2) is 30.5 Å². The molecule has 0 aliphatic carbocycles. The van der Waals surface area contributed by atoms with Crippen LogP contribution in [0.1, 0.15) is 45.3 Å². The second kappa shape index (κ2) is 6.94. The lowest BCUT2D eigenvalue weighted by Gasteiger charge is -2.35. The number of methoxy groups -OCH3 is 1. The molecular formula is C17H26N2O2. The fraction of sp³-hybridized carbons (Fsp3) is 0.588. The van der Waals surface area contributed by atoms with Gasteiger partial charge in [0.1, 0.15) is 11.9 Å². The number of carbonyl (C=O) groups excluding carboxylic acids is 1. The maximum Gasteiger partial charge on any atom is 0.238 e. The normalized spacial score (nSPS) is 20.1. The van der Waals surface area contributed by atoms with Crippen molar-refractivity contribution in [2.24, 2.45) is 5.92 Å². The van der Waals surface area contributed by atoms with Crippen LogP contribution in [0.4, 0.5) is 0 Å². The van der Waals surface area contributed by atoms with E-state index in [1.165, 1.54) is 0 Å². The first-order chi connectivity index (χ1) is 10.1. The Hall–Kier alpha value is -1.55. The van der Waals surface area contributed by atoms with Crippen molar-refractivity contribution < 1.29 is 9.53 Å². The molecule has 1 aliphatic rings. The molecule has 1 saturated heterocycles. The Kier molecular flexibility index (Phi) is 5.23. The van der Waals surface area contributed by atoms with Gasteiger partial charge in [0.05, 0.1) is 13.7 Å². The largest absolute Gasteiger partial charge is 0.496 e. The first kappa shape index (κ1) is 15.8. The van der Waals surface area contributed by atoms with Gasteiger partial charge in [0.2, 0.25) is 5.91 Å². The second-order valence-corrected chi connectivity index (χ2v) is 5.64. The lowest BCUT2D eigenvalue weighted by Crippen LogP contribution is -2.42. The Morgan fingerprint density at radius 1 is 1.33 bits per heavy atom. The molecule has 0 saturated carbocycles. The molecule has 1 N–H and O–H groups in total. The highest BCUT2D eigenvalue weighted by atomic mass is 16.5. The molecule has 0 bridgehead atoms. The average molecular weight is 290 g/mol. The fourth-order valence-corrected chi connectivity index (χ4v) is 3.33. The monoisotopic (exact) mass is 290 g/mol. The SMILES string of the molecule is CCC(CC)C(C)N1C(=O)CNC1c1ccccc1OC. The van der Waals surface area contributed by atoms with Gasteiger partial charge in [-0.05, 0) is 18.9 Å². The lowest BCUT2D eigenvalue weighted by atomic mass is 9.93. The van der Waals surface area contributed by atoms with Crippen LogP contribution >= 0.6 is 0 Å². The number of hydrogen-bond donors (Lipinski definition) is 1. The second-order valence-electron chi connectivity index (χ2n) is 5.64. The van der Waals surface area contributed by atoms with Gasteiger partial charge in [-0.1, -0.05) is 44.9 Å². The molecule has 2 atom stereocenters. The number of benzene rings is 1. The molecule has 0 spiro atoms. The topological polar surface area (TPSA) is 41.6 Å². The number of amides is 1. The summed E-state index contributed by atoms with van der Waals surface area (Å²) in [6.45, 7) is 6.94. The van der Waals surface area contributed by atoms with Gasteiger partial charge in [0.25, 0.3) is 0 Å². The highest BCUT2D eigenvalue weighted by Crippen LogP contribution is 2.34. The molecule has 1 amide bonds. The molecule has 2 rings (SSSR count). The van der Waals surface area contributed by atoms with Crippen molar-refractivity contribution >= 4 is 5.91 Å². The summed E-state index contributed by atoms with van der Waals surface area (Å²) >= 11 is 0.